The van der Waals surface area contributed by atoms with E-state index < -0.39 is 11.7 Å². The number of likely N-dealkylation sites (N-methyl/N-ethyl adjacent to an activating group) is 1. The molecule has 0 atom stereocenters. The van der Waals surface area contributed by atoms with Crippen LogP contribution in [0, 0.1) is 11.3 Å². The quantitative estimate of drug-likeness (QED) is 0.864. The van der Waals surface area contributed by atoms with Crippen LogP contribution in [0.25, 0.3) is 0 Å². The summed E-state index contributed by atoms with van der Waals surface area (Å²) in [6.45, 7) is 7.19. The normalized spacial score (nSPS) is 15.3. The van der Waals surface area contributed by atoms with Crippen molar-refractivity contribution in [3.05, 3.63) is 16.0 Å². The first-order valence-corrected chi connectivity index (χ1v) is 7.35. The average Bonchev–Trinajstić information content (AvgIpc) is 2.62. The molecule has 1 aliphatic heterocycles. The first-order chi connectivity index (χ1) is 9.30. The van der Waals surface area contributed by atoms with E-state index >= 15 is 0 Å². The highest BCUT2D eigenvalue weighted by Gasteiger charge is 2.25. The van der Waals surface area contributed by atoms with Crippen molar-refractivity contribution in [2.75, 3.05) is 18.9 Å². The molecule has 1 aliphatic rings. The van der Waals surface area contributed by atoms with Crippen LogP contribution < -0.4 is 5.32 Å². The van der Waals surface area contributed by atoms with E-state index in [-0.39, 0.29) is 0 Å². The third-order valence-electron chi connectivity index (χ3n) is 2.97. The summed E-state index contributed by atoms with van der Waals surface area (Å²) in [7, 11) is 2.05. The van der Waals surface area contributed by atoms with Crippen LogP contribution in [0.4, 0.5) is 9.80 Å². The van der Waals surface area contributed by atoms with Crippen molar-refractivity contribution in [3.63, 3.8) is 0 Å². The van der Waals surface area contributed by atoms with Crippen molar-refractivity contribution >= 4 is 22.4 Å². The summed E-state index contributed by atoms with van der Waals surface area (Å²) in [4.78, 5) is 15.2. The number of ether oxygens (including phenoxy) is 1. The van der Waals surface area contributed by atoms with Gasteiger partial charge in [-0.05, 0) is 39.8 Å². The molecule has 1 N–H and O–H groups in total. The Balaban J connectivity index is 2.21. The summed E-state index contributed by atoms with van der Waals surface area (Å²) in [5.74, 6) is 0. The number of rotatable bonds is 1. The van der Waals surface area contributed by atoms with Gasteiger partial charge >= 0.3 is 6.09 Å². The number of nitrogens with one attached hydrogen (secondary N) is 1. The van der Waals surface area contributed by atoms with E-state index in [0.29, 0.717) is 10.6 Å². The largest absolute Gasteiger partial charge is 0.444 e. The van der Waals surface area contributed by atoms with Crippen LogP contribution in [0.15, 0.2) is 0 Å². The molecule has 1 amide bonds. The van der Waals surface area contributed by atoms with Crippen LogP contribution in [0.1, 0.15) is 36.8 Å². The van der Waals surface area contributed by atoms with Gasteiger partial charge in [0.1, 0.15) is 16.7 Å². The van der Waals surface area contributed by atoms with E-state index in [2.05, 4.69) is 23.3 Å². The summed E-state index contributed by atoms with van der Waals surface area (Å²) < 4.78 is 5.23. The van der Waals surface area contributed by atoms with Gasteiger partial charge in [0.05, 0.1) is 5.56 Å². The Hall–Kier alpha value is -1.58. The second kappa shape index (κ2) is 5.43. The lowest BCUT2D eigenvalue weighted by molar-refractivity contribution is 0.0636. The minimum absolute atomic E-state index is 0.513. The van der Waals surface area contributed by atoms with E-state index in [1.54, 1.807) is 0 Å². The number of fused-ring (bicyclic) bond motifs is 1. The Morgan fingerprint density at radius 1 is 1.50 bits per heavy atom. The van der Waals surface area contributed by atoms with Crippen molar-refractivity contribution in [2.24, 2.45) is 0 Å². The summed E-state index contributed by atoms with van der Waals surface area (Å²) in [5, 5.41) is 12.6. The summed E-state index contributed by atoms with van der Waals surface area (Å²) in [5.41, 5.74) is 1.11. The highest BCUT2D eigenvalue weighted by Crippen LogP contribution is 2.36. The molecule has 1 aromatic heterocycles. The van der Waals surface area contributed by atoms with Crippen LogP contribution >= 0.6 is 11.3 Å². The van der Waals surface area contributed by atoms with Gasteiger partial charge in [0.2, 0.25) is 0 Å². The fraction of sp³-hybridized carbons (Fsp3) is 0.571. The maximum atomic E-state index is 11.8. The minimum atomic E-state index is -0.548. The molecule has 0 spiro atoms. The Bertz CT molecular complexity index is 566. The van der Waals surface area contributed by atoms with Gasteiger partial charge in [-0.1, -0.05) is 0 Å². The second-order valence-corrected chi connectivity index (χ2v) is 7.04. The number of amides is 1. The number of anilines is 1. The molecular weight excluding hydrogens is 274 g/mol. The van der Waals surface area contributed by atoms with E-state index in [9.17, 15) is 10.1 Å². The zero-order valence-corrected chi connectivity index (χ0v) is 13.1. The Kier molecular flexibility index (Phi) is 4.02. The van der Waals surface area contributed by atoms with Crippen LogP contribution in [0.5, 0.6) is 0 Å². The molecule has 2 heterocycles. The number of nitriles is 1. The molecule has 2 rings (SSSR count). The van der Waals surface area contributed by atoms with Crippen LogP contribution in [0.2, 0.25) is 0 Å². The molecule has 6 heteroatoms. The molecule has 0 saturated heterocycles. The molecule has 108 valence electrons. The van der Waals surface area contributed by atoms with Crippen LogP contribution in [-0.2, 0) is 17.7 Å². The smallest absolute Gasteiger partial charge is 0.412 e. The fourth-order valence-corrected chi connectivity index (χ4v) is 3.40. The molecule has 0 saturated carbocycles. The van der Waals surface area contributed by atoms with Gasteiger partial charge in [-0.2, -0.15) is 5.26 Å². The predicted octanol–water partition coefficient (Wildman–Crippen LogP) is 2.95. The van der Waals surface area contributed by atoms with E-state index in [1.165, 1.54) is 11.3 Å². The molecule has 20 heavy (non-hydrogen) atoms. The molecule has 0 radical (unpaired) electrons. The van der Waals surface area contributed by atoms with Crippen LogP contribution in [0.3, 0.4) is 0 Å². The maximum absolute atomic E-state index is 11.8. The van der Waals surface area contributed by atoms with Crippen molar-refractivity contribution in [2.45, 2.75) is 39.3 Å². The molecule has 0 aliphatic carbocycles. The Labute approximate surface area is 123 Å². The highest BCUT2D eigenvalue weighted by molar-refractivity contribution is 7.16. The lowest BCUT2D eigenvalue weighted by Gasteiger charge is -2.21. The Morgan fingerprint density at radius 2 is 2.20 bits per heavy atom. The number of carbonyl (C=O) groups is 1. The number of nitrogens with zero attached hydrogens (tertiary/aromatic N) is 2. The summed E-state index contributed by atoms with van der Waals surface area (Å²) in [6, 6.07) is 2.21. The zero-order valence-electron chi connectivity index (χ0n) is 12.2. The first kappa shape index (κ1) is 14.8. The van der Waals surface area contributed by atoms with Crippen molar-refractivity contribution in [1.29, 1.82) is 5.26 Å². The SMILES string of the molecule is CN1CCc2c(sc(NC(=O)OC(C)(C)C)c2C#N)C1. The van der Waals surface area contributed by atoms with Crippen molar-refractivity contribution in [1.82, 2.24) is 4.90 Å². The van der Waals surface area contributed by atoms with E-state index in [0.717, 1.165) is 30.0 Å². The number of carbonyl (C=O) groups excluding carboxylic acids is 1. The Morgan fingerprint density at radius 3 is 2.80 bits per heavy atom. The maximum Gasteiger partial charge on any atom is 0.412 e. The van der Waals surface area contributed by atoms with E-state index in [1.807, 2.05) is 20.8 Å². The number of hydrogen-bond donors (Lipinski definition) is 1. The molecule has 0 fully saturated rings. The molecule has 5 nitrogen and oxygen atoms in total. The van der Waals surface area contributed by atoms with Gasteiger partial charge in [0.25, 0.3) is 0 Å². The molecule has 0 bridgehead atoms. The van der Waals surface area contributed by atoms with Crippen molar-refractivity contribution in [3.8, 4) is 6.07 Å². The zero-order chi connectivity index (χ0) is 14.9. The molecule has 0 unspecified atom stereocenters. The monoisotopic (exact) mass is 293 g/mol. The third kappa shape index (κ3) is 3.30. The predicted molar refractivity (Wildman–Crippen MR) is 78.9 cm³/mol. The number of thiophene rings is 1. The second-order valence-electron chi connectivity index (χ2n) is 5.93. The van der Waals surface area contributed by atoms with Gasteiger partial charge in [-0.15, -0.1) is 11.3 Å². The lowest BCUT2D eigenvalue weighted by Crippen LogP contribution is -2.27. The van der Waals surface area contributed by atoms with Gasteiger partial charge < -0.3 is 9.64 Å². The standard InChI is InChI=1S/C14H19N3O2S/c1-14(2,3)19-13(18)16-12-10(7-15)9-5-6-17(4)8-11(9)20-12/h5-6,8H2,1-4H3,(H,16,18). The highest BCUT2D eigenvalue weighted by atomic mass is 32.1. The van der Waals surface area contributed by atoms with Gasteiger partial charge in [-0.25, -0.2) is 4.79 Å². The van der Waals surface area contributed by atoms with E-state index in [4.69, 9.17) is 4.74 Å². The minimum Gasteiger partial charge on any atom is -0.444 e. The average molecular weight is 293 g/mol. The first-order valence-electron chi connectivity index (χ1n) is 6.53. The summed E-state index contributed by atoms with van der Waals surface area (Å²) >= 11 is 1.47. The topological polar surface area (TPSA) is 65.4 Å². The van der Waals surface area contributed by atoms with Crippen molar-refractivity contribution < 1.29 is 9.53 Å². The molecule has 0 aromatic carbocycles. The summed E-state index contributed by atoms with van der Waals surface area (Å²) in [6.07, 6.45) is 0.335. The van der Waals surface area contributed by atoms with Crippen LogP contribution in [-0.4, -0.2) is 30.2 Å². The van der Waals surface area contributed by atoms with Gasteiger partial charge in [-0.3, -0.25) is 5.32 Å². The molecular formula is C14H19N3O2S. The fourth-order valence-electron chi connectivity index (χ4n) is 2.13. The number of hydrogen-bond acceptors (Lipinski definition) is 5. The van der Waals surface area contributed by atoms with Gasteiger partial charge in [0, 0.05) is 18.0 Å². The van der Waals surface area contributed by atoms with Gasteiger partial charge in [0.15, 0.2) is 0 Å². The third-order valence-corrected chi connectivity index (χ3v) is 4.11. The molecule has 1 aromatic rings. The lowest BCUT2D eigenvalue weighted by atomic mass is 10.0.